The van der Waals surface area contributed by atoms with Gasteiger partial charge in [-0.25, -0.2) is 4.79 Å². The second kappa shape index (κ2) is 6.99. The average molecular weight is 327 g/mol. The van der Waals surface area contributed by atoms with Crippen LogP contribution in [-0.4, -0.2) is 28.6 Å². The first kappa shape index (κ1) is 16.4. The van der Waals surface area contributed by atoms with Gasteiger partial charge in [-0.3, -0.25) is 0 Å². The summed E-state index contributed by atoms with van der Waals surface area (Å²) in [6, 6.07) is 10.0. The number of carbonyl (C=O) groups excluding carboxylic acids is 1. The Balaban J connectivity index is 1.78. The quantitative estimate of drug-likeness (QED) is 0.919. The number of hydrogen-bond acceptors (Lipinski definition) is 2. The molecule has 2 amide bonds. The van der Waals surface area contributed by atoms with Crippen LogP contribution in [0.5, 0.6) is 5.75 Å². The molecule has 5 heteroatoms. The number of nitrogens with one attached hydrogen (secondary N) is 1. The zero-order valence-electron chi connectivity index (χ0n) is 14.6. The second-order valence-electron chi connectivity index (χ2n) is 6.26. The molecule has 0 aliphatic carbocycles. The largest absolute Gasteiger partial charge is 0.492 e. The summed E-state index contributed by atoms with van der Waals surface area (Å²) in [5.41, 5.74) is 3.01. The van der Waals surface area contributed by atoms with E-state index in [-0.39, 0.29) is 12.1 Å². The summed E-state index contributed by atoms with van der Waals surface area (Å²) in [7, 11) is 2.02. The van der Waals surface area contributed by atoms with Crippen molar-refractivity contribution in [3.8, 4) is 5.75 Å². The van der Waals surface area contributed by atoms with E-state index in [2.05, 4.69) is 16.0 Å². The third kappa shape index (κ3) is 3.25. The van der Waals surface area contributed by atoms with Gasteiger partial charge in [0.05, 0.1) is 18.3 Å². The molecule has 1 unspecified atom stereocenters. The van der Waals surface area contributed by atoms with Crippen molar-refractivity contribution in [1.29, 1.82) is 0 Å². The highest BCUT2D eigenvalue weighted by Crippen LogP contribution is 2.33. The molecule has 0 bridgehead atoms. The van der Waals surface area contributed by atoms with Gasteiger partial charge < -0.3 is 19.5 Å². The highest BCUT2D eigenvalue weighted by Gasteiger charge is 2.31. The normalized spacial score (nSPS) is 17.1. The fraction of sp³-hybridized carbons (Fsp3) is 0.421. The molecule has 0 saturated carbocycles. The predicted octanol–water partition coefficient (Wildman–Crippen LogP) is 4.10. The SMILES string of the molecule is CCOc1cc(C)ccc1NC(=O)N1CCCC1c1cccn1C. The minimum absolute atomic E-state index is 0.0662. The van der Waals surface area contributed by atoms with Crippen molar-refractivity contribution < 1.29 is 9.53 Å². The summed E-state index contributed by atoms with van der Waals surface area (Å²) < 4.78 is 7.75. The zero-order chi connectivity index (χ0) is 17.1. The van der Waals surface area contributed by atoms with Gasteiger partial charge in [0.1, 0.15) is 5.75 Å². The molecule has 1 aromatic carbocycles. The number of ether oxygens (including phenoxy) is 1. The highest BCUT2D eigenvalue weighted by molar-refractivity contribution is 5.91. The number of nitrogens with zero attached hydrogens (tertiary/aromatic N) is 2. The summed E-state index contributed by atoms with van der Waals surface area (Å²) in [5.74, 6) is 0.723. The first-order valence-corrected chi connectivity index (χ1v) is 8.52. The minimum atomic E-state index is -0.0662. The van der Waals surface area contributed by atoms with E-state index in [1.165, 1.54) is 5.69 Å². The number of aryl methyl sites for hydroxylation is 2. The molecular formula is C19H25N3O2. The van der Waals surface area contributed by atoms with Gasteiger partial charge in [0.25, 0.3) is 0 Å². The van der Waals surface area contributed by atoms with Gasteiger partial charge >= 0.3 is 6.03 Å². The molecule has 1 fully saturated rings. The third-order valence-corrected chi connectivity index (χ3v) is 4.52. The van der Waals surface area contributed by atoms with Crippen LogP contribution in [-0.2, 0) is 7.05 Å². The monoisotopic (exact) mass is 327 g/mol. The van der Waals surface area contributed by atoms with Crippen molar-refractivity contribution in [2.24, 2.45) is 7.05 Å². The molecule has 2 heterocycles. The molecule has 1 atom stereocenters. The van der Waals surface area contributed by atoms with E-state index in [0.717, 1.165) is 36.4 Å². The van der Waals surface area contributed by atoms with Crippen LogP contribution in [0.4, 0.5) is 10.5 Å². The van der Waals surface area contributed by atoms with Crippen LogP contribution >= 0.6 is 0 Å². The lowest BCUT2D eigenvalue weighted by Crippen LogP contribution is -2.35. The summed E-state index contributed by atoms with van der Waals surface area (Å²) in [4.78, 5) is 14.7. The maximum absolute atomic E-state index is 12.8. The van der Waals surface area contributed by atoms with E-state index in [1.54, 1.807) is 0 Å². The number of likely N-dealkylation sites (tertiary alicyclic amines) is 1. The summed E-state index contributed by atoms with van der Waals surface area (Å²) in [6.07, 6.45) is 4.05. The smallest absolute Gasteiger partial charge is 0.322 e. The minimum Gasteiger partial charge on any atom is -0.492 e. The number of rotatable bonds is 4. The Hall–Kier alpha value is -2.43. The number of benzene rings is 1. The van der Waals surface area contributed by atoms with Crippen LogP contribution in [0, 0.1) is 6.92 Å². The molecule has 3 rings (SSSR count). The topological polar surface area (TPSA) is 46.5 Å². The average Bonchev–Trinajstić information content (AvgIpc) is 3.18. The molecule has 1 aliphatic rings. The van der Waals surface area contributed by atoms with Gasteiger partial charge in [0.2, 0.25) is 0 Å². The van der Waals surface area contributed by atoms with Gasteiger partial charge in [-0.15, -0.1) is 0 Å². The van der Waals surface area contributed by atoms with Crippen LogP contribution in [0.15, 0.2) is 36.5 Å². The Kier molecular flexibility index (Phi) is 4.79. The molecule has 5 nitrogen and oxygen atoms in total. The molecule has 0 spiro atoms. The van der Waals surface area contributed by atoms with Gasteiger partial charge in [-0.2, -0.15) is 0 Å². The van der Waals surface area contributed by atoms with Crippen LogP contribution in [0.3, 0.4) is 0 Å². The summed E-state index contributed by atoms with van der Waals surface area (Å²) >= 11 is 0. The number of anilines is 1. The number of amides is 2. The predicted molar refractivity (Wildman–Crippen MR) is 95.5 cm³/mol. The summed E-state index contributed by atoms with van der Waals surface area (Å²) in [5, 5.41) is 3.03. The van der Waals surface area contributed by atoms with Crippen molar-refractivity contribution in [3.63, 3.8) is 0 Å². The van der Waals surface area contributed by atoms with Gasteiger partial charge in [0, 0.05) is 25.5 Å². The number of aromatic nitrogens is 1. The molecule has 1 aliphatic heterocycles. The van der Waals surface area contributed by atoms with Gasteiger partial charge in [0.15, 0.2) is 0 Å². The lowest BCUT2D eigenvalue weighted by molar-refractivity contribution is 0.205. The van der Waals surface area contributed by atoms with E-state index in [9.17, 15) is 4.79 Å². The van der Waals surface area contributed by atoms with Crippen molar-refractivity contribution >= 4 is 11.7 Å². The second-order valence-corrected chi connectivity index (χ2v) is 6.26. The van der Waals surface area contributed by atoms with E-state index in [4.69, 9.17) is 4.74 Å². The third-order valence-electron chi connectivity index (χ3n) is 4.52. The Morgan fingerprint density at radius 1 is 1.38 bits per heavy atom. The van der Waals surface area contributed by atoms with Crippen LogP contribution < -0.4 is 10.1 Å². The fourth-order valence-electron chi connectivity index (χ4n) is 3.33. The Bertz CT molecular complexity index is 723. The Labute approximate surface area is 143 Å². The molecule has 24 heavy (non-hydrogen) atoms. The van der Waals surface area contributed by atoms with Crippen LogP contribution in [0.25, 0.3) is 0 Å². The van der Waals surface area contributed by atoms with Crippen molar-refractivity contribution in [2.75, 3.05) is 18.5 Å². The van der Waals surface area contributed by atoms with Crippen LogP contribution in [0.2, 0.25) is 0 Å². The van der Waals surface area contributed by atoms with Crippen molar-refractivity contribution in [3.05, 3.63) is 47.8 Å². The number of hydrogen-bond donors (Lipinski definition) is 1. The van der Waals surface area contributed by atoms with E-state index in [0.29, 0.717) is 6.61 Å². The lowest BCUT2D eigenvalue weighted by atomic mass is 10.1. The maximum Gasteiger partial charge on any atom is 0.322 e. The Morgan fingerprint density at radius 2 is 2.21 bits per heavy atom. The number of urea groups is 1. The van der Waals surface area contributed by atoms with Crippen LogP contribution in [0.1, 0.15) is 37.1 Å². The lowest BCUT2D eigenvalue weighted by Gasteiger charge is -2.26. The first-order chi connectivity index (χ1) is 11.6. The van der Waals surface area contributed by atoms with Crippen molar-refractivity contribution in [2.45, 2.75) is 32.7 Å². The van der Waals surface area contributed by atoms with E-state index in [1.807, 2.05) is 56.3 Å². The molecule has 1 aromatic heterocycles. The summed E-state index contributed by atoms with van der Waals surface area (Å²) in [6.45, 7) is 5.30. The standard InChI is InChI=1S/C19H25N3O2/c1-4-24-18-13-14(2)9-10-15(18)20-19(23)22-12-6-8-17(22)16-7-5-11-21(16)3/h5,7,9-11,13,17H,4,6,8,12H2,1-3H3,(H,20,23). The first-order valence-electron chi connectivity index (χ1n) is 8.52. The van der Waals surface area contributed by atoms with E-state index < -0.39 is 0 Å². The Morgan fingerprint density at radius 3 is 2.92 bits per heavy atom. The fourth-order valence-corrected chi connectivity index (χ4v) is 3.33. The molecular weight excluding hydrogens is 302 g/mol. The van der Waals surface area contributed by atoms with E-state index >= 15 is 0 Å². The molecule has 128 valence electrons. The molecule has 0 radical (unpaired) electrons. The van der Waals surface area contributed by atoms with Crippen molar-refractivity contribution in [1.82, 2.24) is 9.47 Å². The zero-order valence-corrected chi connectivity index (χ0v) is 14.6. The maximum atomic E-state index is 12.8. The van der Waals surface area contributed by atoms with Gasteiger partial charge in [-0.05, 0) is 56.5 Å². The highest BCUT2D eigenvalue weighted by atomic mass is 16.5. The number of carbonyl (C=O) groups is 1. The molecule has 1 saturated heterocycles. The van der Waals surface area contributed by atoms with Gasteiger partial charge in [-0.1, -0.05) is 6.07 Å². The molecule has 2 aromatic rings. The molecule has 1 N–H and O–H groups in total.